The van der Waals surface area contributed by atoms with Gasteiger partial charge in [-0.15, -0.1) is 0 Å². The first-order valence-electron chi connectivity index (χ1n) is 7.97. The van der Waals surface area contributed by atoms with E-state index in [4.69, 9.17) is 16.3 Å². The number of carbonyl (C=O) groups is 2. The van der Waals surface area contributed by atoms with Crippen LogP contribution in [0, 0.1) is 0 Å². The van der Waals surface area contributed by atoms with Gasteiger partial charge in [0.25, 0.3) is 5.91 Å². The summed E-state index contributed by atoms with van der Waals surface area (Å²) in [4.78, 5) is 27.3. The number of rotatable bonds is 5. The average molecular weight is 360 g/mol. The lowest BCUT2D eigenvalue weighted by Gasteiger charge is -2.10. The molecule has 2 aromatic rings. The number of nitrogens with one attached hydrogen (secondary N) is 2. The van der Waals surface area contributed by atoms with E-state index in [9.17, 15) is 9.59 Å². The van der Waals surface area contributed by atoms with Gasteiger partial charge >= 0.3 is 0 Å². The minimum Gasteiger partial charge on any atom is -0.464 e. The topological polar surface area (TPSA) is 80.3 Å². The second-order valence-corrected chi connectivity index (χ2v) is 6.17. The van der Waals surface area contributed by atoms with Crippen LogP contribution >= 0.6 is 11.6 Å². The summed E-state index contributed by atoms with van der Waals surface area (Å²) in [5.41, 5.74) is 2.89. The molecule has 0 fully saturated rings. The predicted octanol–water partition coefficient (Wildman–Crippen LogP) is 1.96. The maximum atomic E-state index is 12.3. The zero-order chi connectivity index (χ0) is 17.8. The maximum absolute atomic E-state index is 12.3. The molecule has 3 rings (SSSR count). The summed E-state index contributed by atoms with van der Waals surface area (Å²) >= 11 is 5.94. The van der Waals surface area contributed by atoms with Crippen molar-refractivity contribution >= 4 is 23.4 Å². The molecule has 25 heavy (non-hydrogen) atoms. The summed E-state index contributed by atoms with van der Waals surface area (Å²) in [7, 11) is 0. The minimum absolute atomic E-state index is 0.129. The first-order valence-corrected chi connectivity index (χ1v) is 8.35. The second kappa shape index (κ2) is 7.53. The van der Waals surface area contributed by atoms with E-state index in [2.05, 4.69) is 15.6 Å². The Balaban J connectivity index is 1.68. The van der Waals surface area contributed by atoms with Crippen LogP contribution in [0.25, 0.3) is 11.1 Å². The summed E-state index contributed by atoms with van der Waals surface area (Å²) in [6.07, 6.45) is 1.50. The number of aromatic nitrogens is 1. The number of nitrogens with zero attached hydrogens (tertiary/aromatic N) is 1. The Kier molecular flexibility index (Phi) is 5.19. The number of benzene rings is 1. The quantitative estimate of drug-likeness (QED) is 0.800. The van der Waals surface area contributed by atoms with Crippen LogP contribution in [0.15, 0.2) is 36.5 Å². The van der Waals surface area contributed by atoms with E-state index in [-0.39, 0.29) is 11.8 Å². The van der Waals surface area contributed by atoms with Gasteiger partial charge in [0, 0.05) is 43.2 Å². The normalized spacial score (nSPS) is 15.2. The molecule has 1 atom stereocenters. The van der Waals surface area contributed by atoms with Gasteiger partial charge in [0.1, 0.15) is 0 Å². The molecule has 6 nitrogen and oxygen atoms in total. The molecule has 7 heteroatoms. The van der Waals surface area contributed by atoms with Crippen molar-refractivity contribution in [3.8, 4) is 17.0 Å². The minimum atomic E-state index is -0.617. The highest BCUT2D eigenvalue weighted by atomic mass is 35.5. The number of hydrogen-bond acceptors (Lipinski definition) is 4. The van der Waals surface area contributed by atoms with Crippen LogP contribution in [0.3, 0.4) is 0 Å². The van der Waals surface area contributed by atoms with Crippen molar-refractivity contribution in [3.05, 3.63) is 47.1 Å². The molecule has 1 unspecified atom stereocenters. The van der Waals surface area contributed by atoms with E-state index in [1.54, 1.807) is 6.20 Å². The van der Waals surface area contributed by atoms with E-state index in [1.807, 2.05) is 30.3 Å². The zero-order valence-corrected chi connectivity index (χ0v) is 14.5. The molecule has 0 saturated carbocycles. The molecule has 0 aliphatic carbocycles. The van der Waals surface area contributed by atoms with Gasteiger partial charge in [-0.25, -0.2) is 4.98 Å². The van der Waals surface area contributed by atoms with E-state index in [1.165, 1.54) is 6.92 Å². The molecule has 130 valence electrons. The summed E-state index contributed by atoms with van der Waals surface area (Å²) in [6.45, 7) is 2.17. The summed E-state index contributed by atoms with van der Waals surface area (Å²) in [5.74, 6) is 0.135. The number of ether oxygens (including phenoxy) is 1. The van der Waals surface area contributed by atoms with Gasteiger partial charge in [-0.1, -0.05) is 23.7 Å². The van der Waals surface area contributed by atoms with Crippen molar-refractivity contribution in [2.24, 2.45) is 0 Å². The molecule has 0 bridgehead atoms. The van der Waals surface area contributed by atoms with Crippen molar-refractivity contribution in [2.45, 2.75) is 19.4 Å². The Morgan fingerprint density at radius 1 is 1.20 bits per heavy atom. The van der Waals surface area contributed by atoms with Gasteiger partial charge in [-0.05, 0) is 29.3 Å². The van der Waals surface area contributed by atoms with Crippen molar-refractivity contribution in [1.82, 2.24) is 15.6 Å². The fraction of sp³-hybridized carbons (Fsp3) is 0.278. The Morgan fingerprint density at radius 2 is 1.92 bits per heavy atom. The van der Waals surface area contributed by atoms with Crippen molar-refractivity contribution in [2.75, 3.05) is 13.1 Å². The molecule has 1 aromatic carbocycles. The predicted molar refractivity (Wildman–Crippen MR) is 94.5 cm³/mol. The lowest BCUT2D eigenvalue weighted by Crippen LogP contribution is -2.41. The first kappa shape index (κ1) is 17.2. The molecule has 2 amide bonds. The summed E-state index contributed by atoms with van der Waals surface area (Å²) in [6, 6.07) is 9.41. The third-order valence-corrected chi connectivity index (χ3v) is 4.16. The van der Waals surface area contributed by atoms with Crippen LogP contribution < -0.4 is 15.4 Å². The lowest BCUT2D eigenvalue weighted by molar-refractivity contribution is -0.127. The molecule has 1 aliphatic rings. The fourth-order valence-corrected chi connectivity index (χ4v) is 2.84. The molecule has 2 N–H and O–H groups in total. The number of hydrogen-bond donors (Lipinski definition) is 2. The van der Waals surface area contributed by atoms with Crippen LogP contribution in [0.5, 0.6) is 5.88 Å². The van der Waals surface area contributed by atoms with Gasteiger partial charge in [-0.3, -0.25) is 9.59 Å². The molecule has 0 spiro atoms. The van der Waals surface area contributed by atoms with Gasteiger partial charge < -0.3 is 15.4 Å². The van der Waals surface area contributed by atoms with Gasteiger partial charge in [0.15, 0.2) is 6.10 Å². The number of amides is 2. The third-order valence-electron chi connectivity index (χ3n) is 3.91. The van der Waals surface area contributed by atoms with Crippen LogP contribution in [-0.2, 0) is 16.0 Å². The van der Waals surface area contributed by atoms with Crippen molar-refractivity contribution < 1.29 is 14.3 Å². The smallest absolute Gasteiger partial charge is 0.261 e. The summed E-state index contributed by atoms with van der Waals surface area (Å²) < 4.78 is 5.70. The molecule has 0 saturated heterocycles. The Morgan fingerprint density at radius 3 is 2.64 bits per heavy atom. The first-order chi connectivity index (χ1) is 12.0. The third kappa shape index (κ3) is 4.09. The lowest BCUT2D eigenvalue weighted by atomic mass is 9.99. The molecule has 0 radical (unpaired) electrons. The van der Waals surface area contributed by atoms with Crippen LogP contribution in [0.2, 0.25) is 5.02 Å². The fourth-order valence-electron chi connectivity index (χ4n) is 2.72. The summed E-state index contributed by atoms with van der Waals surface area (Å²) in [5, 5.41) is 6.05. The number of halogens is 1. The van der Waals surface area contributed by atoms with Crippen LogP contribution in [-0.4, -0.2) is 36.0 Å². The highest BCUT2D eigenvalue weighted by Crippen LogP contribution is 2.35. The highest BCUT2D eigenvalue weighted by Gasteiger charge is 2.31. The monoisotopic (exact) mass is 359 g/mol. The largest absolute Gasteiger partial charge is 0.464 e. The molecule has 2 heterocycles. The molecular formula is C18H18ClN3O3. The Hall–Kier alpha value is -2.60. The average Bonchev–Trinajstić information content (AvgIpc) is 3.03. The van der Waals surface area contributed by atoms with Crippen molar-refractivity contribution in [3.63, 3.8) is 0 Å². The van der Waals surface area contributed by atoms with Gasteiger partial charge in [0.05, 0.1) is 0 Å². The van der Waals surface area contributed by atoms with E-state index in [0.717, 1.165) is 16.7 Å². The van der Waals surface area contributed by atoms with E-state index >= 15 is 0 Å². The van der Waals surface area contributed by atoms with Crippen molar-refractivity contribution in [1.29, 1.82) is 0 Å². The SMILES string of the molecule is CC(=O)NCCNC(=O)C1Cc2c(-c3ccc(Cl)cc3)ccnc2O1. The van der Waals surface area contributed by atoms with Gasteiger partial charge in [-0.2, -0.15) is 0 Å². The molecular weight excluding hydrogens is 342 g/mol. The van der Waals surface area contributed by atoms with Crippen LogP contribution in [0.1, 0.15) is 12.5 Å². The second-order valence-electron chi connectivity index (χ2n) is 5.73. The highest BCUT2D eigenvalue weighted by molar-refractivity contribution is 6.30. The number of fused-ring (bicyclic) bond motifs is 1. The van der Waals surface area contributed by atoms with Crippen LogP contribution in [0.4, 0.5) is 0 Å². The standard InChI is InChI=1S/C18H18ClN3O3/c1-11(23)20-8-9-21-17(24)16-10-15-14(6-7-22-18(15)25-16)12-2-4-13(19)5-3-12/h2-7,16H,8-10H2,1H3,(H,20,23)(H,21,24). The Labute approximate surface area is 150 Å². The van der Waals surface area contributed by atoms with E-state index < -0.39 is 6.10 Å². The molecule has 1 aromatic heterocycles. The number of carbonyl (C=O) groups excluding carboxylic acids is 2. The number of pyridine rings is 1. The van der Waals surface area contributed by atoms with Gasteiger partial charge in [0.2, 0.25) is 11.8 Å². The van der Waals surface area contributed by atoms with E-state index in [0.29, 0.717) is 30.4 Å². The maximum Gasteiger partial charge on any atom is 0.261 e. The Bertz CT molecular complexity index is 793. The molecule has 1 aliphatic heterocycles. The zero-order valence-electron chi connectivity index (χ0n) is 13.7.